The molecule has 1 aliphatic heterocycles. The van der Waals surface area contributed by atoms with Gasteiger partial charge in [-0.3, -0.25) is 0 Å². The van der Waals surface area contributed by atoms with Crippen LogP contribution in [0.4, 0.5) is 4.79 Å². The van der Waals surface area contributed by atoms with E-state index in [-0.39, 0.29) is 79.1 Å². The molecule has 0 aliphatic carbocycles. The van der Waals surface area contributed by atoms with Gasteiger partial charge in [-0.15, -0.1) is 0 Å². The van der Waals surface area contributed by atoms with Crippen LogP contribution in [0.25, 0.3) is 0 Å². The molecule has 0 radical (unpaired) electrons. The van der Waals surface area contributed by atoms with Crippen molar-refractivity contribution in [3.8, 4) is 11.5 Å². The molecule has 11 nitrogen and oxygen atoms in total. The molecule has 0 saturated carbocycles. The van der Waals surface area contributed by atoms with Gasteiger partial charge in [-0.05, 0) is 67.0 Å². The van der Waals surface area contributed by atoms with E-state index >= 15 is 0 Å². The smallest absolute Gasteiger partial charge is 0.404 e. The fourth-order valence-electron chi connectivity index (χ4n) is 7.99. The van der Waals surface area contributed by atoms with Gasteiger partial charge in [-0.25, -0.2) is 4.79 Å². The van der Waals surface area contributed by atoms with E-state index in [1.165, 1.54) is 0 Å². The molecule has 1 heterocycles. The second-order valence-electron chi connectivity index (χ2n) is 16.1. The van der Waals surface area contributed by atoms with E-state index in [9.17, 15) is 4.79 Å². The Bertz CT molecular complexity index is 1480. The summed E-state index contributed by atoms with van der Waals surface area (Å²) in [7, 11) is 6.65. The van der Waals surface area contributed by atoms with E-state index in [1.54, 1.807) is 28.4 Å². The molecule has 2 aromatic carbocycles. The SMILES string of the molecule is COCO[C@@H]1[C@@H](C)[C@H](OC)O[C@@H](CC/C=C\[C@H](C)[C@H](OCc2ccc(OC)cc2)[C@@H](C)/C=C\CC[C@@H](OCc2ccc(OC)cc2)[C@H](C)[C@@H](OC(N)=O)C(C)C)[C@H]1C. The molecule has 1 saturated heterocycles. The van der Waals surface area contributed by atoms with Crippen molar-refractivity contribution < 1.29 is 47.4 Å². The fraction of sp³-hybridized carbons (Fsp3) is 0.638. The maximum atomic E-state index is 11.8. The van der Waals surface area contributed by atoms with Crippen LogP contribution >= 0.6 is 0 Å². The highest BCUT2D eigenvalue weighted by molar-refractivity contribution is 5.64. The number of carbonyl (C=O) groups is 1. The molecule has 0 unspecified atom stereocenters. The van der Waals surface area contributed by atoms with Crippen LogP contribution in [0.2, 0.25) is 0 Å². The van der Waals surface area contributed by atoms with Gasteiger partial charge >= 0.3 is 6.09 Å². The summed E-state index contributed by atoms with van der Waals surface area (Å²) in [5.41, 5.74) is 7.61. The highest BCUT2D eigenvalue weighted by Crippen LogP contribution is 2.35. The maximum absolute atomic E-state index is 11.8. The Morgan fingerprint density at radius 1 is 0.759 bits per heavy atom. The number of nitrogens with two attached hydrogens (primary N) is 1. The minimum absolute atomic E-state index is 0.00292. The molecule has 2 aromatic rings. The lowest BCUT2D eigenvalue weighted by Gasteiger charge is -2.43. The second kappa shape index (κ2) is 25.9. The van der Waals surface area contributed by atoms with Crippen LogP contribution in [0.3, 0.4) is 0 Å². The van der Waals surface area contributed by atoms with Crippen molar-refractivity contribution in [1.29, 1.82) is 0 Å². The standard InChI is InChI=1S/C47H73NO10/c1-31(2)43(58-47(48)49)34(5)41(54-28-37-20-24-39(51-9)25-21-37)18-14-12-16-32(3)44(55-29-38-22-26-40(52-10)27-23-38)33(4)17-13-15-19-42-35(6)45(56-30-50-8)36(7)46(53-11)57-42/h12-13,16-17,20-27,31-36,41-46H,14-15,18-19,28-30H2,1-11H3,(H2,48,49)/b16-12-,17-13-/t32-,33-,34-,35+,36+,41+,42-,43-,44+,45-,46+/m0/s1. The first-order chi connectivity index (χ1) is 27.8. The molecule has 11 atom stereocenters. The van der Waals surface area contributed by atoms with Crippen LogP contribution in [0.15, 0.2) is 72.8 Å². The molecule has 1 aliphatic rings. The van der Waals surface area contributed by atoms with Crippen LogP contribution in [0, 0.1) is 35.5 Å². The van der Waals surface area contributed by atoms with Crippen molar-refractivity contribution in [1.82, 2.24) is 0 Å². The van der Waals surface area contributed by atoms with Crippen molar-refractivity contribution in [2.45, 2.75) is 124 Å². The molecule has 0 aromatic heterocycles. The van der Waals surface area contributed by atoms with E-state index in [4.69, 9.17) is 48.4 Å². The fourth-order valence-corrected chi connectivity index (χ4v) is 7.99. The highest BCUT2D eigenvalue weighted by Gasteiger charge is 2.42. The molecule has 0 spiro atoms. The number of allylic oxidation sites excluding steroid dienone is 2. The minimum Gasteiger partial charge on any atom is -0.497 e. The van der Waals surface area contributed by atoms with Crippen LogP contribution < -0.4 is 15.2 Å². The molecular weight excluding hydrogens is 739 g/mol. The third-order valence-electron chi connectivity index (χ3n) is 11.4. The summed E-state index contributed by atoms with van der Waals surface area (Å²) in [5, 5.41) is 0. The van der Waals surface area contributed by atoms with Crippen LogP contribution in [0.1, 0.15) is 85.3 Å². The van der Waals surface area contributed by atoms with Gasteiger partial charge in [0.2, 0.25) is 0 Å². The predicted octanol–water partition coefficient (Wildman–Crippen LogP) is 9.51. The van der Waals surface area contributed by atoms with Gasteiger partial charge in [0.05, 0.1) is 51.8 Å². The number of hydrogen-bond acceptors (Lipinski definition) is 10. The van der Waals surface area contributed by atoms with Crippen LogP contribution in [0.5, 0.6) is 11.5 Å². The number of primary amides is 1. The third kappa shape index (κ3) is 15.6. The van der Waals surface area contributed by atoms with Gasteiger partial charge in [0.25, 0.3) is 0 Å². The summed E-state index contributed by atoms with van der Waals surface area (Å²) in [6.45, 7) is 16.0. The zero-order valence-electron chi connectivity index (χ0n) is 37.0. The average Bonchev–Trinajstić information content (AvgIpc) is 3.21. The second-order valence-corrected chi connectivity index (χ2v) is 16.1. The molecule has 326 valence electrons. The van der Waals surface area contributed by atoms with Crippen LogP contribution in [-0.4, -0.2) is 78.1 Å². The van der Waals surface area contributed by atoms with Gasteiger partial charge in [0.1, 0.15) is 24.4 Å². The molecule has 0 bridgehead atoms. The normalized spacial score (nSPS) is 23.1. The van der Waals surface area contributed by atoms with Crippen LogP contribution in [-0.2, 0) is 46.4 Å². The van der Waals surface area contributed by atoms with Gasteiger partial charge < -0.3 is 48.4 Å². The first-order valence-electron chi connectivity index (χ1n) is 20.9. The molecule has 1 fully saturated rings. The van der Waals surface area contributed by atoms with Gasteiger partial charge in [-0.2, -0.15) is 0 Å². The van der Waals surface area contributed by atoms with Gasteiger partial charge in [-0.1, -0.05) is 97.0 Å². The summed E-state index contributed by atoms with van der Waals surface area (Å²) in [5.74, 6) is 2.11. The lowest BCUT2D eigenvalue weighted by atomic mass is 9.84. The Morgan fingerprint density at radius 2 is 1.31 bits per heavy atom. The molecule has 1 amide bonds. The summed E-state index contributed by atoms with van der Waals surface area (Å²) in [6.07, 6.45) is 10.4. The average molecular weight is 812 g/mol. The van der Waals surface area contributed by atoms with Crippen molar-refractivity contribution in [2.75, 3.05) is 35.2 Å². The largest absolute Gasteiger partial charge is 0.497 e. The Labute approximate surface area is 348 Å². The first-order valence-corrected chi connectivity index (χ1v) is 20.9. The topological polar surface area (TPSA) is 126 Å². The number of benzene rings is 2. The maximum Gasteiger partial charge on any atom is 0.404 e. The predicted molar refractivity (Wildman–Crippen MR) is 227 cm³/mol. The molecule has 3 rings (SSSR count). The van der Waals surface area contributed by atoms with E-state index in [0.717, 1.165) is 48.3 Å². The Balaban J connectivity index is 1.72. The quantitative estimate of drug-likeness (QED) is 0.0725. The number of ether oxygens (including phenoxy) is 9. The van der Waals surface area contributed by atoms with E-state index < -0.39 is 6.09 Å². The van der Waals surface area contributed by atoms with Gasteiger partial charge in [0, 0.05) is 43.8 Å². The third-order valence-corrected chi connectivity index (χ3v) is 11.4. The van der Waals surface area contributed by atoms with E-state index in [1.807, 2.05) is 62.4 Å². The monoisotopic (exact) mass is 812 g/mol. The number of carbonyl (C=O) groups excluding carboxylic acids is 1. The van der Waals surface area contributed by atoms with Crippen molar-refractivity contribution in [2.24, 2.45) is 41.2 Å². The molecular formula is C47H73NO10. The first kappa shape index (κ1) is 48.9. The molecule has 58 heavy (non-hydrogen) atoms. The zero-order chi connectivity index (χ0) is 42.6. The van der Waals surface area contributed by atoms with Crippen molar-refractivity contribution in [3.63, 3.8) is 0 Å². The lowest BCUT2D eigenvalue weighted by molar-refractivity contribution is -0.271. The summed E-state index contributed by atoms with van der Waals surface area (Å²) in [6, 6.07) is 15.9. The van der Waals surface area contributed by atoms with Gasteiger partial charge in [0.15, 0.2) is 6.29 Å². The number of methoxy groups -OCH3 is 4. The number of amides is 1. The van der Waals surface area contributed by atoms with E-state index in [2.05, 4.69) is 58.9 Å². The Hall–Kier alpha value is -3.45. The Morgan fingerprint density at radius 3 is 1.81 bits per heavy atom. The Kier molecular flexibility index (Phi) is 21.9. The van der Waals surface area contributed by atoms with Crippen molar-refractivity contribution >= 4 is 6.09 Å². The summed E-state index contributed by atoms with van der Waals surface area (Å²) < 4.78 is 52.9. The summed E-state index contributed by atoms with van der Waals surface area (Å²) >= 11 is 0. The van der Waals surface area contributed by atoms with E-state index in [0.29, 0.717) is 13.2 Å². The number of hydrogen-bond donors (Lipinski definition) is 1. The minimum atomic E-state index is -0.774. The molecule has 2 N–H and O–H groups in total. The number of rotatable bonds is 26. The zero-order valence-corrected chi connectivity index (χ0v) is 37.0. The lowest BCUT2D eigenvalue weighted by Crippen LogP contribution is -2.50. The summed E-state index contributed by atoms with van der Waals surface area (Å²) in [4.78, 5) is 11.8. The highest BCUT2D eigenvalue weighted by atomic mass is 16.7. The molecule has 11 heteroatoms. The van der Waals surface area contributed by atoms with Crippen molar-refractivity contribution in [3.05, 3.63) is 84.0 Å².